The first-order chi connectivity index (χ1) is 10.1. The molecule has 1 N–H and O–H groups in total. The van der Waals surface area contributed by atoms with Crippen molar-refractivity contribution in [1.29, 1.82) is 0 Å². The highest BCUT2D eigenvalue weighted by molar-refractivity contribution is 5.89. The average molecular weight is 287 g/mol. The normalized spacial score (nSPS) is 26.3. The van der Waals surface area contributed by atoms with Gasteiger partial charge >= 0.3 is 6.03 Å². The van der Waals surface area contributed by atoms with Crippen LogP contribution < -0.4 is 5.32 Å². The average Bonchev–Trinajstić information content (AvgIpc) is 2.82. The van der Waals surface area contributed by atoms with E-state index in [9.17, 15) is 4.79 Å². The molecular formula is C17H25N3O. The van der Waals surface area contributed by atoms with Gasteiger partial charge in [0.15, 0.2) is 0 Å². The van der Waals surface area contributed by atoms with Crippen molar-refractivity contribution in [2.45, 2.75) is 38.1 Å². The molecule has 0 aromatic heterocycles. The zero-order chi connectivity index (χ0) is 14.9. The SMILES string of the molecule is Cc1ccc(NC(=O)N2CCCC3(CCCN3C)C2)cc1. The summed E-state index contributed by atoms with van der Waals surface area (Å²) in [4.78, 5) is 16.9. The lowest BCUT2D eigenvalue weighted by atomic mass is 9.87. The van der Waals surface area contributed by atoms with E-state index in [0.717, 1.165) is 31.7 Å². The van der Waals surface area contributed by atoms with Gasteiger partial charge in [-0.1, -0.05) is 17.7 Å². The molecule has 1 atom stereocenters. The molecule has 3 rings (SSSR count). The predicted octanol–water partition coefficient (Wildman–Crippen LogP) is 3.09. The number of benzene rings is 1. The van der Waals surface area contributed by atoms with Crippen molar-refractivity contribution in [2.75, 3.05) is 32.0 Å². The van der Waals surface area contributed by atoms with E-state index in [0.29, 0.717) is 0 Å². The summed E-state index contributed by atoms with van der Waals surface area (Å²) in [6.45, 7) is 4.94. The summed E-state index contributed by atoms with van der Waals surface area (Å²) < 4.78 is 0. The number of piperidine rings is 1. The Morgan fingerprint density at radius 1 is 1.14 bits per heavy atom. The maximum atomic E-state index is 12.5. The first-order valence-corrected chi connectivity index (χ1v) is 7.93. The third-order valence-electron chi connectivity index (χ3n) is 5.09. The summed E-state index contributed by atoms with van der Waals surface area (Å²) in [5.74, 6) is 0. The molecule has 2 aliphatic rings. The van der Waals surface area contributed by atoms with E-state index < -0.39 is 0 Å². The quantitative estimate of drug-likeness (QED) is 0.861. The van der Waals surface area contributed by atoms with Gasteiger partial charge in [0, 0.05) is 24.3 Å². The summed E-state index contributed by atoms with van der Waals surface area (Å²) in [5.41, 5.74) is 2.31. The molecule has 4 heteroatoms. The number of urea groups is 1. The number of rotatable bonds is 1. The molecule has 0 radical (unpaired) electrons. The Morgan fingerprint density at radius 3 is 2.48 bits per heavy atom. The van der Waals surface area contributed by atoms with Gasteiger partial charge in [-0.25, -0.2) is 4.79 Å². The molecule has 21 heavy (non-hydrogen) atoms. The van der Waals surface area contributed by atoms with Crippen LogP contribution in [0.15, 0.2) is 24.3 Å². The molecule has 0 saturated carbocycles. The van der Waals surface area contributed by atoms with Crippen LogP contribution in [0.4, 0.5) is 10.5 Å². The standard InChI is InChI=1S/C17H25N3O/c1-14-5-7-15(8-6-14)18-16(21)20-12-4-10-17(13-20)9-3-11-19(17)2/h5-8H,3-4,9-13H2,1-2H3,(H,18,21). The second-order valence-corrected chi connectivity index (χ2v) is 6.57. The van der Waals surface area contributed by atoms with Gasteiger partial charge in [0.25, 0.3) is 0 Å². The van der Waals surface area contributed by atoms with Gasteiger partial charge in [0.1, 0.15) is 0 Å². The van der Waals surface area contributed by atoms with Gasteiger partial charge in [0.05, 0.1) is 0 Å². The number of likely N-dealkylation sites (N-methyl/N-ethyl adjacent to an activating group) is 1. The topological polar surface area (TPSA) is 35.6 Å². The Balaban J connectivity index is 1.66. The minimum absolute atomic E-state index is 0.0400. The number of likely N-dealkylation sites (tertiary alicyclic amines) is 2. The molecule has 2 heterocycles. The van der Waals surface area contributed by atoms with Crippen molar-refractivity contribution in [3.05, 3.63) is 29.8 Å². The van der Waals surface area contributed by atoms with Gasteiger partial charge < -0.3 is 10.2 Å². The van der Waals surface area contributed by atoms with Crippen molar-refractivity contribution < 1.29 is 4.79 Å². The summed E-state index contributed by atoms with van der Waals surface area (Å²) >= 11 is 0. The maximum Gasteiger partial charge on any atom is 0.321 e. The first-order valence-electron chi connectivity index (χ1n) is 7.93. The van der Waals surface area contributed by atoms with E-state index >= 15 is 0 Å². The van der Waals surface area contributed by atoms with E-state index in [1.807, 2.05) is 29.2 Å². The molecule has 0 aliphatic carbocycles. The number of hydrogen-bond acceptors (Lipinski definition) is 2. The lowest BCUT2D eigenvalue weighted by molar-refractivity contribution is 0.0771. The Morgan fingerprint density at radius 2 is 1.81 bits per heavy atom. The van der Waals surface area contributed by atoms with Gasteiger partial charge in [-0.2, -0.15) is 0 Å². The van der Waals surface area contributed by atoms with Crippen molar-refractivity contribution in [3.63, 3.8) is 0 Å². The molecule has 4 nitrogen and oxygen atoms in total. The van der Waals surface area contributed by atoms with E-state index in [-0.39, 0.29) is 11.6 Å². The Kier molecular flexibility index (Phi) is 3.89. The second-order valence-electron chi connectivity index (χ2n) is 6.57. The smallest absolute Gasteiger partial charge is 0.321 e. The minimum Gasteiger partial charge on any atom is -0.323 e. The highest BCUT2D eigenvalue weighted by atomic mass is 16.2. The molecule has 2 aliphatic heterocycles. The Labute approximate surface area is 127 Å². The number of carbonyl (C=O) groups is 1. The van der Waals surface area contributed by atoms with Crippen LogP contribution in [0.5, 0.6) is 0 Å². The van der Waals surface area contributed by atoms with E-state index in [2.05, 4.69) is 24.2 Å². The van der Waals surface area contributed by atoms with Gasteiger partial charge in [-0.15, -0.1) is 0 Å². The third kappa shape index (κ3) is 2.91. The van der Waals surface area contributed by atoms with Crippen molar-refractivity contribution in [1.82, 2.24) is 9.80 Å². The summed E-state index contributed by atoms with van der Waals surface area (Å²) in [6, 6.07) is 8.03. The fraction of sp³-hybridized carbons (Fsp3) is 0.588. The first kappa shape index (κ1) is 14.4. The van der Waals surface area contributed by atoms with Crippen LogP contribution in [-0.4, -0.2) is 48.1 Å². The molecule has 114 valence electrons. The highest BCUT2D eigenvalue weighted by Gasteiger charge is 2.42. The number of nitrogens with zero attached hydrogens (tertiary/aromatic N) is 2. The molecule has 1 aromatic carbocycles. The number of amides is 2. The predicted molar refractivity (Wildman–Crippen MR) is 85.6 cm³/mol. The fourth-order valence-corrected chi connectivity index (χ4v) is 3.71. The van der Waals surface area contributed by atoms with Crippen LogP contribution in [0, 0.1) is 6.92 Å². The molecule has 1 unspecified atom stereocenters. The maximum absolute atomic E-state index is 12.5. The molecular weight excluding hydrogens is 262 g/mol. The van der Waals surface area contributed by atoms with Crippen LogP contribution in [-0.2, 0) is 0 Å². The van der Waals surface area contributed by atoms with Crippen LogP contribution in [0.2, 0.25) is 0 Å². The lowest BCUT2D eigenvalue weighted by Gasteiger charge is -2.44. The number of nitrogens with one attached hydrogen (secondary N) is 1. The summed E-state index contributed by atoms with van der Waals surface area (Å²) in [7, 11) is 2.20. The van der Waals surface area contributed by atoms with Crippen LogP contribution in [0.3, 0.4) is 0 Å². The summed E-state index contributed by atoms with van der Waals surface area (Å²) in [6.07, 6.45) is 4.80. The van der Waals surface area contributed by atoms with E-state index in [4.69, 9.17) is 0 Å². The third-order valence-corrected chi connectivity index (χ3v) is 5.09. The second kappa shape index (κ2) is 5.68. The van der Waals surface area contributed by atoms with E-state index in [1.54, 1.807) is 0 Å². The number of carbonyl (C=O) groups excluding carboxylic acids is 1. The molecule has 2 saturated heterocycles. The number of aryl methyl sites for hydroxylation is 1. The monoisotopic (exact) mass is 287 g/mol. The molecule has 2 amide bonds. The fourth-order valence-electron chi connectivity index (χ4n) is 3.71. The zero-order valence-electron chi connectivity index (χ0n) is 13.1. The highest BCUT2D eigenvalue weighted by Crippen LogP contribution is 2.36. The molecule has 0 bridgehead atoms. The zero-order valence-corrected chi connectivity index (χ0v) is 13.1. The number of hydrogen-bond donors (Lipinski definition) is 1. The molecule has 1 spiro atoms. The van der Waals surface area contributed by atoms with Gasteiger partial charge in [-0.05, 0) is 58.3 Å². The van der Waals surface area contributed by atoms with Crippen molar-refractivity contribution in [2.24, 2.45) is 0 Å². The Hall–Kier alpha value is -1.55. The van der Waals surface area contributed by atoms with Crippen molar-refractivity contribution in [3.8, 4) is 0 Å². The Bertz CT molecular complexity index is 513. The molecule has 2 fully saturated rings. The largest absolute Gasteiger partial charge is 0.323 e. The molecule has 1 aromatic rings. The lowest BCUT2D eigenvalue weighted by Crippen LogP contribution is -2.56. The van der Waals surface area contributed by atoms with Gasteiger partial charge in [0.2, 0.25) is 0 Å². The van der Waals surface area contributed by atoms with Crippen molar-refractivity contribution >= 4 is 11.7 Å². The van der Waals surface area contributed by atoms with Crippen LogP contribution in [0.25, 0.3) is 0 Å². The van der Waals surface area contributed by atoms with Gasteiger partial charge in [-0.3, -0.25) is 4.90 Å². The minimum atomic E-state index is 0.0400. The summed E-state index contributed by atoms with van der Waals surface area (Å²) in [5, 5.41) is 3.03. The van der Waals surface area contributed by atoms with E-state index in [1.165, 1.54) is 24.8 Å². The number of anilines is 1. The van der Waals surface area contributed by atoms with Crippen LogP contribution in [0.1, 0.15) is 31.2 Å². The van der Waals surface area contributed by atoms with Crippen LogP contribution >= 0.6 is 0 Å².